The summed E-state index contributed by atoms with van der Waals surface area (Å²) >= 11 is 0. The number of ether oxygens (including phenoxy) is 1. The van der Waals surface area contributed by atoms with Crippen molar-refractivity contribution in [2.75, 3.05) is 4.72 Å². The van der Waals surface area contributed by atoms with Gasteiger partial charge >= 0.3 is 6.18 Å². The summed E-state index contributed by atoms with van der Waals surface area (Å²) in [7, 11) is -3.89. The first-order chi connectivity index (χ1) is 12.2. The van der Waals surface area contributed by atoms with Gasteiger partial charge in [0.25, 0.3) is 10.0 Å². The third-order valence-electron chi connectivity index (χ3n) is 4.20. The lowest BCUT2D eigenvalue weighted by molar-refractivity contribution is -0.137. The monoisotopic (exact) mass is 385 g/mol. The van der Waals surface area contributed by atoms with Crippen LogP contribution in [0.5, 0.6) is 5.75 Å². The standard InChI is InChI=1S/C18H18F3NO3S/c19-18(20,21)13-5-7-14(8-6-13)22-26(23,24)17-11-9-16(10-12-17)25-15-3-1-2-4-15/h5-12,15,22H,1-4H2. The average molecular weight is 385 g/mol. The van der Waals surface area contributed by atoms with Crippen molar-refractivity contribution in [2.24, 2.45) is 0 Å². The fraction of sp³-hybridized carbons (Fsp3) is 0.333. The predicted molar refractivity (Wildman–Crippen MR) is 91.6 cm³/mol. The summed E-state index contributed by atoms with van der Waals surface area (Å²) < 4.78 is 70.5. The Kier molecular flexibility index (Phi) is 5.13. The summed E-state index contributed by atoms with van der Waals surface area (Å²) in [6.45, 7) is 0. The lowest BCUT2D eigenvalue weighted by Crippen LogP contribution is -2.14. The normalized spacial score (nSPS) is 15.8. The molecule has 0 radical (unpaired) electrons. The number of alkyl halides is 3. The van der Waals surface area contributed by atoms with E-state index < -0.39 is 21.8 Å². The van der Waals surface area contributed by atoms with Gasteiger partial charge in [-0.3, -0.25) is 4.72 Å². The Morgan fingerprint density at radius 2 is 1.50 bits per heavy atom. The molecule has 140 valence electrons. The van der Waals surface area contributed by atoms with Crippen molar-refractivity contribution in [2.45, 2.75) is 42.9 Å². The zero-order valence-corrected chi connectivity index (χ0v) is 14.6. The molecule has 8 heteroatoms. The van der Waals surface area contributed by atoms with E-state index in [-0.39, 0.29) is 16.7 Å². The SMILES string of the molecule is O=S(=O)(Nc1ccc(C(F)(F)F)cc1)c1ccc(OC2CCCC2)cc1. The van der Waals surface area contributed by atoms with Crippen LogP contribution >= 0.6 is 0 Å². The van der Waals surface area contributed by atoms with E-state index in [0.29, 0.717) is 5.75 Å². The lowest BCUT2D eigenvalue weighted by atomic mass is 10.2. The zero-order chi connectivity index (χ0) is 18.8. The maximum atomic E-state index is 12.6. The molecule has 1 aliphatic carbocycles. The van der Waals surface area contributed by atoms with Crippen molar-refractivity contribution < 1.29 is 26.3 Å². The van der Waals surface area contributed by atoms with Gasteiger partial charge in [0.1, 0.15) is 5.75 Å². The smallest absolute Gasteiger partial charge is 0.416 e. The molecule has 0 spiro atoms. The summed E-state index contributed by atoms with van der Waals surface area (Å²) in [5.41, 5.74) is -0.779. The van der Waals surface area contributed by atoms with Crippen LogP contribution in [-0.2, 0) is 16.2 Å². The molecule has 0 unspecified atom stereocenters. The van der Waals surface area contributed by atoms with Crippen molar-refractivity contribution in [1.82, 2.24) is 0 Å². The molecule has 2 aromatic rings. The Bertz CT molecular complexity index is 841. The Balaban J connectivity index is 1.69. The van der Waals surface area contributed by atoms with Crippen molar-refractivity contribution in [3.05, 3.63) is 54.1 Å². The highest BCUT2D eigenvalue weighted by Gasteiger charge is 2.30. The van der Waals surface area contributed by atoms with Crippen LogP contribution in [-0.4, -0.2) is 14.5 Å². The van der Waals surface area contributed by atoms with Crippen LogP contribution in [0.4, 0.5) is 18.9 Å². The van der Waals surface area contributed by atoms with E-state index in [1.54, 1.807) is 12.1 Å². The minimum atomic E-state index is -4.47. The molecule has 0 saturated heterocycles. The molecule has 26 heavy (non-hydrogen) atoms. The third-order valence-corrected chi connectivity index (χ3v) is 5.60. The molecule has 0 heterocycles. The summed E-state index contributed by atoms with van der Waals surface area (Å²) in [5.74, 6) is 0.602. The Morgan fingerprint density at radius 1 is 0.923 bits per heavy atom. The van der Waals surface area contributed by atoms with Gasteiger partial charge in [-0.15, -0.1) is 0 Å². The maximum absolute atomic E-state index is 12.6. The van der Waals surface area contributed by atoms with E-state index in [0.717, 1.165) is 49.9 Å². The number of nitrogens with one attached hydrogen (secondary N) is 1. The average Bonchev–Trinajstić information content (AvgIpc) is 3.08. The summed E-state index contributed by atoms with van der Waals surface area (Å²) in [4.78, 5) is 0.0103. The summed E-state index contributed by atoms with van der Waals surface area (Å²) in [6, 6.07) is 9.81. The Morgan fingerprint density at radius 3 is 2.04 bits per heavy atom. The second-order valence-corrected chi connectivity index (χ2v) is 7.86. The fourth-order valence-corrected chi connectivity index (χ4v) is 3.90. The van der Waals surface area contributed by atoms with E-state index in [1.807, 2.05) is 0 Å². The highest BCUT2D eigenvalue weighted by atomic mass is 32.2. The Labute approximate surface area is 150 Å². The highest BCUT2D eigenvalue weighted by molar-refractivity contribution is 7.92. The molecule has 0 bridgehead atoms. The van der Waals surface area contributed by atoms with Crippen LogP contribution in [0.25, 0.3) is 0 Å². The molecule has 0 aromatic heterocycles. The first-order valence-electron chi connectivity index (χ1n) is 8.21. The summed E-state index contributed by atoms with van der Waals surface area (Å²) in [5, 5.41) is 0. The highest BCUT2D eigenvalue weighted by Crippen LogP contribution is 2.30. The number of halogens is 3. The van der Waals surface area contributed by atoms with Crippen molar-refractivity contribution >= 4 is 15.7 Å². The van der Waals surface area contributed by atoms with E-state index >= 15 is 0 Å². The van der Waals surface area contributed by atoms with Gasteiger partial charge in [0.2, 0.25) is 0 Å². The van der Waals surface area contributed by atoms with E-state index in [1.165, 1.54) is 12.1 Å². The van der Waals surface area contributed by atoms with E-state index in [2.05, 4.69) is 4.72 Å². The van der Waals surface area contributed by atoms with Gasteiger partial charge in [0.15, 0.2) is 0 Å². The van der Waals surface area contributed by atoms with Crippen LogP contribution in [0.15, 0.2) is 53.4 Å². The van der Waals surface area contributed by atoms with Crippen LogP contribution in [0, 0.1) is 0 Å². The number of sulfonamides is 1. The second kappa shape index (κ2) is 7.19. The van der Waals surface area contributed by atoms with E-state index in [9.17, 15) is 21.6 Å². The molecule has 1 saturated carbocycles. The molecular weight excluding hydrogens is 367 g/mol. The third kappa shape index (κ3) is 4.49. The topological polar surface area (TPSA) is 55.4 Å². The number of rotatable bonds is 5. The van der Waals surface area contributed by atoms with Gasteiger partial charge in [-0.1, -0.05) is 0 Å². The molecule has 0 atom stereocenters. The molecular formula is C18H18F3NO3S. The van der Waals surface area contributed by atoms with Crippen LogP contribution in [0.3, 0.4) is 0 Å². The largest absolute Gasteiger partial charge is 0.490 e. The lowest BCUT2D eigenvalue weighted by Gasteiger charge is -2.14. The number of anilines is 1. The maximum Gasteiger partial charge on any atom is 0.416 e. The quantitative estimate of drug-likeness (QED) is 0.802. The first-order valence-corrected chi connectivity index (χ1v) is 9.69. The molecule has 1 aliphatic rings. The molecule has 0 amide bonds. The molecule has 0 aliphatic heterocycles. The number of hydrogen-bond donors (Lipinski definition) is 1. The van der Waals surface area contributed by atoms with Crippen LogP contribution in [0.1, 0.15) is 31.2 Å². The van der Waals surface area contributed by atoms with Gasteiger partial charge in [0.05, 0.1) is 16.6 Å². The van der Waals surface area contributed by atoms with Crippen LogP contribution < -0.4 is 9.46 Å². The van der Waals surface area contributed by atoms with Crippen molar-refractivity contribution in [3.63, 3.8) is 0 Å². The van der Waals surface area contributed by atoms with Crippen LogP contribution in [0.2, 0.25) is 0 Å². The van der Waals surface area contributed by atoms with Gasteiger partial charge < -0.3 is 4.74 Å². The minimum absolute atomic E-state index is 0.0103. The molecule has 2 aromatic carbocycles. The van der Waals surface area contributed by atoms with Crippen molar-refractivity contribution in [3.8, 4) is 5.75 Å². The molecule has 1 N–H and O–H groups in total. The predicted octanol–water partition coefficient (Wildman–Crippen LogP) is 4.83. The van der Waals surface area contributed by atoms with Gasteiger partial charge in [-0.2, -0.15) is 13.2 Å². The van der Waals surface area contributed by atoms with Crippen molar-refractivity contribution in [1.29, 1.82) is 0 Å². The van der Waals surface area contributed by atoms with Gasteiger partial charge in [-0.25, -0.2) is 8.42 Å². The number of hydrogen-bond acceptors (Lipinski definition) is 3. The Hall–Kier alpha value is -2.22. The first kappa shape index (κ1) is 18.6. The molecule has 4 nitrogen and oxygen atoms in total. The zero-order valence-electron chi connectivity index (χ0n) is 13.8. The summed E-state index contributed by atoms with van der Waals surface area (Å²) in [6.07, 6.45) is -0.0392. The molecule has 3 rings (SSSR count). The fourth-order valence-electron chi connectivity index (χ4n) is 2.84. The second-order valence-electron chi connectivity index (χ2n) is 6.18. The minimum Gasteiger partial charge on any atom is -0.490 e. The van der Waals surface area contributed by atoms with E-state index in [4.69, 9.17) is 4.74 Å². The van der Waals surface area contributed by atoms with Gasteiger partial charge in [0, 0.05) is 5.69 Å². The van der Waals surface area contributed by atoms with Gasteiger partial charge in [-0.05, 0) is 74.2 Å². The molecule has 1 fully saturated rings. The number of benzene rings is 2.